The van der Waals surface area contributed by atoms with Gasteiger partial charge in [-0.1, -0.05) is 43.0 Å². The molecule has 5 nitrogen and oxygen atoms in total. The molecular formula is C21H25Cl2NO4S. The van der Waals surface area contributed by atoms with Crippen molar-refractivity contribution in [3.63, 3.8) is 0 Å². The fourth-order valence-electron chi connectivity index (χ4n) is 2.69. The zero-order chi connectivity index (χ0) is 21.6. The second kappa shape index (κ2) is 10.9. The summed E-state index contributed by atoms with van der Waals surface area (Å²) in [4.78, 5) is 26.0. The van der Waals surface area contributed by atoms with E-state index < -0.39 is 11.9 Å². The van der Waals surface area contributed by atoms with E-state index in [-0.39, 0.29) is 22.2 Å². The van der Waals surface area contributed by atoms with Gasteiger partial charge in [0, 0.05) is 10.4 Å². The summed E-state index contributed by atoms with van der Waals surface area (Å²) in [6.07, 6.45) is 3.04. The molecule has 2 rings (SSSR count). The number of aryl methyl sites for hydroxylation is 1. The highest BCUT2D eigenvalue weighted by Gasteiger charge is 2.23. The minimum atomic E-state index is -0.462. The monoisotopic (exact) mass is 457 g/mol. The van der Waals surface area contributed by atoms with Gasteiger partial charge in [-0.3, -0.25) is 4.79 Å². The Kier molecular flexibility index (Phi) is 8.80. The molecule has 0 aliphatic carbocycles. The van der Waals surface area contributed by atoms with Crippen LogP contribution in [0, 0.1) is 13.8 Å². The molecule has 158 valence electrons. The first-order chi connectivity index (χ1) is 13.8. The third-order valence-electron chi connectivity index (χ3n) is 4.35. The van der Waals surface area contributed by atoms with Gasteiger partial charge in [0.25, 0.3) is 5.91 Å². The standard InChI is InChI=1S/C21H25Cl2NO4S/c1-5-7-8-9-28-18-15(22)10-14(11-16(18)23)19(25)24-20-17(21(26)27-6-2)12(3)13(4)29-20/h10-11H,5-9H2,1-4H3,(H,24,25). The number of nitrogens with one attached hydrogen (secondary N) is 1. The zero-order valence-corrected chi connectivity index (χ0v) is 19.3. The van der Waals surface area contributed by atoms with Gasteiger partial charge in [-0.15, -0.1) is 11.3 Å². The number of amides is 1. The predicted octanol–water partition coefficient (Wildman–Crippen LogP) is 6.67. The number of hydrogen-bond acceptors (Lipinski definition) is 5. The van der Waals surface area contributed by atoms with Crippen molar-refractivity contribution in [1.82, 2.24) is 0 Å². The number of unbranched alkanes of at least 4 members (excludes halogenated alkanes) is 2. The number of hydrogen-bond donors (Lipinski definition) is 1. The van der Waals surface area contributed by atoms with Crippen molar-refractivity contribution >= 4 is 51.4 Å². The van der Waals surface area contributed by atoms with E-state index in [0.29, 0.717) is 22.9 Å². The Hall–Kier alpha value is -1.76. The van der Waals surface area contributed by atoms with E-state index in [4.69, 9.17) is 32.7 Å². The Morgan fingerprint density at radius 1 is 1.10 bits per heavy atom. The molecule has 0 spiro atoms. The lowest BCUT2D eigenvalue weighted by Crippen LogP contribution is -2.15. The average molecular weight is 458 g/mol. The number of carbonyl (C=O) groups excluding carboxylic acids is 2. The van der Waals surface area contributed by atoms with Crippen molar-refractivity contribution in [1.29, 1.82) is 0 Å². The van der Waals surface area contributed by atoms with E-state index >= 15 is 0 Å². The molecule has 1 aromatic carbocycles. The zero-order valence-electron chi connectivity index (χ0n) is 17.0. The third kappa shape index (κ3) is 5.87. The Balaban J connectivity index is 2.22. The normalized spacial score (nSPS) is 10.7. The maximum Gasteiger partial charge on any atom is 0.341 e. The largest absolute Gasteiger partial charge is 0.490 e. The first-order valence-electron chi connectivity index (χ1n) is 9.50. The Labute approximate surface area is 185 Å². The number of thiophene rings is 1. The summed E-state index contributed by atoms with van der Waals surface area (Å²) >= 11 is 13.9. The van der Waals surface area contributed by atoms with Crippen molar-refractivity contribution in [3.8, 4) is 5.75 Å². The minimum Gasteiger partial charge on any atom is -0.490 e. The number of benzene rings is 1. The van der Waals surface area contributed by atoms with Gasteiger partial charge in [0.1, 0.15) is 5.00 Å². The minimum absolute atomic E-state index is 0.255. The number of rotatable bonds is 9. The maximum atomic E-state index is 12.8. The molecule has 0 atom stereocenters. The fraction of sp³-hybridized carbons (Fsp3) is 0.429. The molecule has 1 aromatic heterocycles. The number of carbonyl (C=O) groups is 2. The highest BCUT2D eigenvalue weighted by atomic mass is 35.5. The Morgan fingerprint density at radius 3 is 2.34 bits per heavy atom. The summed E-state index contributed by atoms with van der Waals surface area (Å²) < 4.78 is 10.8. The molecule has 0 bridgehead atoms. The lowest BCUT2D eigenvalue weighted by molar-refractivity contribution is 0.0527. The SMILES string of the molecule is CCCCCOc1c(Cl)cc(C(=O)Nc2sc(C)c(C)c2C(=O)OCC)cc1Cl. The van der Waals surface area contributed by atoms with Gasteiger partial charge in [-0.25, -0.2) is 4.79 Å². The summed E-state index contributed by atoms with van der Waals surface area (Å²) in [5.41, 5.74) is 1.44. The number of ether oxygens (including phenoxy) is 2. The maximum absolute atomic E-state index is 12.8. The number of halogens is 2. The number of anilines is 1. The van der Waals surface area contributed by atoms with E-state index in [1.807, 2.05) is 13.8 Å². The summed E-state index contributed by atoms with van der Waals surface area (Å²) in [6, 6.07) is 3.02. The molecule has 0 radical (unpaired) electrons. The summed E-state index contributed by atoms with van der Waals surface area (Å²) in [7, 11) is 0. The topological polar surface area (TPSA) is 64.6 Å². The van der Waals surface area contributed by atoms with E-state index in [9.17, 15) is 9.59 Å². The van der Waals surface area contributed by atoms with Crippen LogP contribution in [-0.2, 0) is 4.74 Å². The molecule has 29 heavy (non-hydrogen) atoms. The van der Waals surface area contributed by atoms with Crippen LogP contribution in [0.4, 0.5) is 5.00 Å². The second-order valence-corrected chi connectivity index (χ2v) is 8.53. The lowest BCUT2D eigenvalue weighted by atomic mass is 10.1. The van der Waals surface area contributed by atoms with Crippen LogP contribution < -0.4 is 10.1 Å². The molecule has 1 amide bonds. The van der Waals surface area contributed by atoms with Gasteiger partial charge >= 0.3 is 5.97 Å². The second-order valence-electron chi connectivity index (χ2n) is 6.49. The molecule has 0 unspecified atom stereocenters. The molecule has 0 saturated heterocycles. The van der Waals surface area contributed by atoms with Gasteiger partial charge in [-0.2, -0.15) is 0 Å². The van der Waals surface area contributed by atoms with E-state index in [0.717, 1.165) is 29.7 Å². The van der Waals surface area contributed by atoms with Gasteiger partial charge in [-0.05, 0) is 44.9 Å². The van der Waals surface area contributed by atoms with Gasteiger partial charge in [0.2, 0.25) is 0 Å². The van der Waals surface area contributed by atoms with E-state index in [2.05, 4.69) is 12.2 Å². The molecule has 0 saturated carbocycles. The quantitative estimate of drug-likeness (QED) is 0.337. The highest BCUT2D eigenvalue weighted by Crippen LogP contribution is 2.36. The van der Waals surface area contributed by atoms with Crippen LogP contribution in [0.1, 0.15) is 64.3 Å². The third-order valence-corrected chi connectivity index (χ3v) is 6.03. The van der Waals surface area contributed by atoms with E-state index in [1.54, 1.807) is 6.92 Å². The van der Waals surface area contributed by atoms with Crippen LogP contribution >= 0.6 is 34.5 Å². The predicted molar refractivity (Wildman–Crippen MR) is 119 cm³/mol. The summed E-state index contributed by atoms with van der Waals surface area (Å²) in [5.74, 6) is -0.509. The highest BCUT2D eigenvalue weighted by molar-refractivity contribution is 7.16. The van der Waals surface area contributed by atoms with Crippen molar-refractivity contribution < 1.29 is 19.1 Å². The molecule has 1 N–H and O–H groups in total. The molecular weight excluding hydrogens is 433 g/mol. The Morgan fingerprint density at radius 2 is 1.76 bits per heavy atom. The van der Waals surface area contributed by atoms with Crippen molar-refractivity contribution in [3.05, 3.63) is 43.7 Å². The first-order valence-corrected chi connectivity index (χ1v) is 11.1. The van der Waals surface area contributed by atoms with Crippen LogP contribution in [0.5, 0.6) is 5.75 Å². The van der Waals surface area contributed by atoms with Crippen LogP contribution in [-0.4, -0.2) is 25.1 Å². The lowest BCUT2D eigenvalue weighted by Gasteiger charge is -2.12. The van der Waals surface area contributed by atoms with Crippen LogP contribution in [0.2, 0.25) is 10.0 Å². The van der Waals surface area contributed by atoms with Crippen LogP contribution in [0.25, 0.3) is 0 Å². The molecule has 2 aromatic rings. The smallest absolute Gasteiger partial charge is 0.341 e. The van der Waals surface area contributed by atoms with Crippen LogP contribution in [0.3, 0.4) is 0 Å². The molecule has 0 aliphatic rings. The van der Waals surface area contributed by atoms with Gasteiger partial charge in [0.15, 0.2) is 5.75 Å². The van der Waals surface area contributed by atoms with Gasteiger partial charge in [0.05, 0.1) is 28.8 Å². The number of esters is 1. The summed E-state index contributed by atoms with van der Waals surface area (Å²) in [5, 5.41) is 3.76. The first kappa shape index (κ1) is 23.5. The molecule has 1 heterocycles. The van der Waals surface area contributed by atoms with Gasteiger partial charge < -0.3 is 14.8 Å². The van der Waals surface area contributed by atoms with E-state index in [1.165, 1.54) is 23.5 Å². The van der Waals surface area contributed by atoms with Crippen molar-refractivity contribution in [2.75, 3.05) is 18.5 Å². The molecule has 0 fully saturated rings. The molecule has 8 heteroatoms. The van der Waals surface area contributed by atoms with Crippen molar-refractivity contribution in [2.24, 2.45) is 0 Å². The average Bonchev–Trinajstić information content (AvgIpc) is 2.94. The summed E-state index contributed by atoms with van der Waals surface area (Å²) in [6.45, 7) is 8.32. The Bertz CT molecular complexity index is 872. The van der Waals surface area contributed by atoms with Crippen molar-refractivity contribution in [2.45, 2.75) is 47.0 Å². The fourth-order valence-corrected chi connectivity index (χ4v) is 4.33. The molecule has 0 aliphatic heterocycles. The van der Waals surface area contributed by atoms with Crippen LogP contribution in [0.15, 0.2) is 12.1 Å².